The van der Waals surface area contributed by atoms with E-state index < -0.39 is 6.43 Å². The lowest BCUT2D eigenvalue weighted by Gasteiger charge is -2.14. The van der Waals surface area contributed by atoms with E-state index in [1.807, 2.05) is 6.92 Å². The van der Waals surface area contributed by atoms with Gasteiger partial charge in [0.2, 0.25) is 0 Å². The Labute approximate surface area is 116 Å². The van der Waals surface area contributed by atoms with E-state index in [0.29, 0.717) is 29.0 Å². The second kappa shape index (κ2) is 6.48. The standard InChI is InChI=1S/C16H16F2O2/c1-2-20-15-6-4-3-5-13(15)12-8-7-11(10-19)9-14(12)16(17)18/h3-9,16,19H,2,10H2,1H3. The highest BCUT2D eigenvalue weighted by Crippen LogP contribution is 2.37. The summed E-state index contributed by atoms with van der Waals surface area (Å²) in [5.74, 6) is 0.577. The molecule has 2 rings (SSSR count). The van der Waals surface area contributed by atoms with Gasteiger partial charge in [0.05, 0.1) is 13.2 Å². The molecule has 106 valence electrons. The summed E-state index contributed by atoms with van der Waals surface area (Å²) < 4.78 is 31.9. The van der Waals surface area contributed by atoms with Crippen molar-refractivity contribution in [2.24, 2.45) is 0 Å². The first-order valence-electron chi connectivity index (χ1n) is 6.41. The summed E-state index contributed by atoms with van der Waals surface area (Å²) in [6, 6.07) is 11.7. The molecule has 0 aliphatic heterocycles. The van der Waals surface area contributed by atoms with Crippen molar-refractivity contribution >= 4 is 0 Å². The molecule has 2 aromatic rings. The highest BCUT2D eigenvalue weighted by atomic mass is 19.3. The Bertz CT molecular complexity index is 582. The van der Waals surface area contributed by atoms with Crippen LogP contribution in [0.25, 0.3) is 11.1 Å². The predicted molar refractivity (Wildman–Crippen MR) is 73.9 cm³/mol. The van der Waals surface area contributed by atoms with Gasteiger partial charge in [0, 0.05) is 11.1 Å². The van der Waals surface area contributed by atoms with Crippen LogP contribution in [0, 0.1) is 0 Å². The topological polar surface area (TPSA) is 29.5 Å². The number of halogens is 2. The smallest absolute Gasteiger partial charge is 0.264 e. The average molecular weight is 278 g/mol. The molecule has 0 unspecified atom stereocenters. The number of benzene rings is 2. The van der Waals surface area contributed by atoms with Gasteiger partial charge < -0.3 is 9.84 Å². The molecule has 0 atom stereocenters. The van der Waals surface area contributed by atoms with Crippen LogP contribution in [-0.4, -0.2) is 11.7 Å². The molecule has 20 heavy (non-hydrogen) atoms. The van der Waals surface area contributed by atoms with Gasteiger partial charge >= 0.3 is 0 Å². The van der Waals surface area contributed by atoms with Gasteiger partial charge in [0.25, 0.3) is 6.43 Å². The maximum Gasteiger partial charge on any atom is 0.264 e. The Kier molecular flexibility index (Phi) is 4.69. The van der Waals surface area contributed by atoms with Crippen LogP contribution in [0.4, 0.5) is 8.78 Å². The first kappa shape index (κ1) is 14.5. The van der Waals surface area contributed by atoms with Crippen molar-refractivity contribution < 1.29 is 18.6 Å². The third-order valence-electron chi connectivity index (χ3n) is 3.01. The third kappa shape index (κ3) is 2.96. The first-order chi connectivity index (χ1) is 9.67. The zero-order valence-electron chi connectivity index (χ0n) is 11.1. The van der Waals surface area contributed by atoms with Gasteiger partial charge in [-0.2, -0.15) is 0 Å². The van der Waals surface area contributed by atoms with Gasteiger partial charge in [0.15, 0.2) is 0 Å². The lowest BCUT2D eigenvalue weighted by molar-refractivity contribution is 0.151. The molecule has 0 bridgehead atoms. The number of para-hydroxylation sites is 1. The van der Waals surface area contributed by atoms with Gasteiger partial charge in [-0.25, -0.2) is 8.78 Å². The molecular formula is C16H16F2O2. The van der Waals surface area contributed by atoms with Crippen LogP contribution in [0.15, 0.2) is 42.5 Å². The van der Waals surface area contributed by atoms with Gasteiger partial charge in [-0.1, -0.05) is 30.3 Å². The summed E-state index contributed by atoms with van der Waals surface area (Å²) in [6.07, 6.45) is -2.61. The maximum atomic E-state index is 13.2. The Morgan fingerprint density at radius 1 is 1.10 bits per heavy atom. The summed E-state index contributed by atoms with van der Waals surface area (Å²) in [4.78, 5) is 0. The molecule has 2 aromatic carbocycles. The fourth-order valence-corrected chi connectivity index (χ4v) is 2.11. The minimum absolute atomic E-state index is 0.0938. The molecule has 4 heteroatoms. The molecule has 0 saturated carbocycles. The third-order valence-corrected chi connectivity index (χ3v) is 3.01. The van der Waals surface area contributed by atoms with E-state index in [4.69, 9.17) is 9.84 Å². The quantitative estimate of drug-likeness (QED) is 0.889. The minimum atomic E-state index is -2.61. The van der Waals surface area contributed by atoms with Crippen molar-refractivity contribution in [1.29, 1.82) is 0 Å². The monoisotopic (exact) mass is 278 g/mol. The highest BCUT2D eigenvalue weighted by Gasteiger charge is 2.17. The van der Waals surface area contributed by atoms with Crippen molar-refractivity contribution in [2.75, 3.05) is 6.61 Å². The molecule has 0 radical (unpaired) electrons. The number of aliphatic hydroxyl groups is 1. The van der Waals surface area contributed by atoms with Crippen molar-refractivity contribution in [3.8, 4) is 16.9 Å². The normalized spacial score (nSPS) is 10.8. The number of aliphatic hydroxyl groups excluding tert-OH is 1. The van der Waals surface area contributed by atoms with Crippen LogP contribution in [0.3, 0.4) is 0 Å². The number of hydrogen-bond donors (Lipinski definition) is 1. The van der Waals surface area contributed by atoms with Crippen LogP contribution in [0.5, 0.6) is 5.75 Å². The summed E-state index contributed by atoms with van der Waals surface area (Å²) in [5.41, 5.74) is 1.44. The Morgan fingerprint density at radius 3 is 2.50 bits per heavy atom. The van der Waals surface area contributed by atoms with Crippen LogP contribution in [-0.2, 0) is 6.61 Å². The zero-order chi connectivity index (χ0) is 14.5. The molecule has 0 aromatic heterocycles. The van der Waals surface area contributed by atoms with E-state index in [2.05, 4.69) is 0 Å². The molecule has 0 heterocycles. The van der Waals surface area contributed by atoms with E-state index in [9.17, 15) is 8.78 Å². The molecule has 1 N–H and O–H groups in total. The van der Waals surface area contributed by atoms with Crippen LogP contribution in [0.1, 0.15) is 24.5 Å². The van der Waals surface area contributed by atoms with Crippen LogP contribution < -0.4 is 4.74 Å². The molecule has 0 aliphatic carbocycles. The first-order valence-corrected chi connectivity index (χ1v) is 6.41. The fraction of sp³-hybridized carbons (Fsp3) is 0.250. The summed E-state index contributed by atoms with van der Waals surface area (Å²) in [5, 5.41) is 9.07. The molecule has 0 saturated heterocycles. The minimum Gasteiger partial charge on any atom is -0.493 e. The Balaban J connectivity index is 2.57. The number of alkyl halides is 2. The number of rotatable bonds is 5. The zero-order valence-corrected chi connectivity index (χ0v) is 11.1. The van der Waals surface area contributed by atoms with Crippen LogP contribution >= 0.6 is 0 Å². The summed E-state index contributed by atoms with van der Waals surface area (Å²) in [7, 11) is 0. The molecule has 0 fully saturated rings. The molecule has 0 spiro atoms. The van der Waals surface area contributed by atoms with Gasteiger partial charge in [-0.15, -0.1) is 0 Å². The molecule has 0 aliphatic rings. The SMILES string of the molecule is CCOc1ccccc1-c1ccc(CO)cc1C(F)F. The van der Waals surface area contributed by atoms with E-state index in [1.54, 1.807) is 36.4 Å². The van der Waals surface area contributed by atoms with Crippen molar-refractivity contribution in [2.45, 2.75) is 20.0 Å². The summed E-state index contributed by atoms with van der Waals surface area (Å²) >= 11 is 0. The van der Waals surface area contributed by atoms with Crippen molar-refractivity contribution in [3.63, 3.8) is 0 Å². The number of hydrogen-bond acceptors (Lipinski definition) is 2. The predicted octanol–water partition coefficient (Wildman–Crippen LogP) is 4.18. The highest BCUT2D eigenvalue weighted by molar-refractivity contribution is 5.74. The second-order valence-electron chi connectivity index (χ2n) is 4.31. The second-order valence-corrected chi connectivity index (χ2v) is 4.31. The Morgan fingerprint density at radius 2 is 1.85 bits per heavy atom. The van der Waals surface area contributed by atoms with E-state index >= 15 is 0 Å². The maximum absolute atomic E-state index is 13.2. The van der Waals surface area contributed by atoms with Crippen molar-refractivity contribution in [3.05, 3.63) is 53.6 Å². The molecule has 0 amide bonds. The lowest BCUT2D eigenvalue weighted by atomic mass is 9.97. The molecular weight excluding hydrogens is 262 g/mol. The summed E-state index contributed by atoms with van der Waals surface area (Å²) in [6.45, 7) is 2.06. The molecule has 2 nitrogen and oxygen atoms in total. The fourth-order valence-electron chi connectivity index (χ4n) is 2.11. The van der Waals surface area contributed by atoms with Crippen molar-refractivity contribution in [1.82, 2.24) is 0 Å². The van der Waals surface area contributed by atoms with Gasteiger partial charge in [0.1, 0.15) is 5.75 Å². The van der Waals surface area contributed by atoms with E-state index in [0.717, 1.165) is 0 Å². The lowest BCUT2D eigenvalue weighted by Crippen LogP contribution is -1.97. The van der Waals surface area contributed by atoms with E-state index in [1.165, 1.54) is 6.07 Å². The van der Waals surface area contributed by atoms with Crippen LogP contribution in [0.2, 0.25) is 0 Å². The largest absolute Gasteiger partial charge is 0.493 e. The van der Waals surface area contributed by atoms with Gasteiger partial charge in [-0.3, -0.25) is 0 Å². The van der Waals surface area contributed by atoms with Gasteiger partial charge in [-0.05, 0) is 30.2 Å². The van der Waals surface area contributed by atoms with E-state index in [-0.39, 0.29) is 12.2 Å². The number of ether oxygens (including phenoxy) is 1. The average Bonchev–Trinajstić information content (AvgIpc) is 2.47. The Hall–Kier alpha value is -1.94.